The Morgan fingerprint density at radius 1 is 1.15 bits per heavy atom. The summed E-state index contributed by atoms with van der Waals surface area (Å²) in [4.78, 5) is 22.7. The van der Waals surface area contributed by atoms with Crippen LogP contribution in [0.2, 0.25) is 0 Å². The first kappa shape index (κ1) is 20.4. The maximum absolute atomic E-state index is 12.4. The van der Waals surface area contributed by atoms with Crippen molar-refractivity contribution in [3.63, 3.8) is 0 Å². The summed E-state index contributed by atoms with van der Waals surface area (Å²) in [6.07, 6.45) is 10.9. The zero-order valence-electron chi connectivity index (χ0n) is 16.1. The Morgan fingerprint density at radius 3 is 2.38 bits per heavy atom. The van der Waals surface area contributed by atoms with Crippen LogP contribution in [-0.4, -0.2) is 16.9 Å². The smallest absolute Gasteiger partial charge is 0.269 e. The standard InChI is InChI=1S/C21H32N2O3/c1-3-4-5-6-7-8-9-10-16(2)22-21(24)20-15-19(20)17-11-13-18(14-12-17)23(25)26/h11-14,16,19-20H,3-10,15H2,1-2H3,(H,22,24)/t16?,19-,20+/m0/s1. The van der Waals surface area contributed by atoms with E-state index < -0.39 is 4.92 Å². The molecule has 0 bridgehead atoms. The highest BCUT2D eigenvalue weighted by atomic mass is 16.6. The first-order valence-electron chi connectivity index (χ1n) is 10.1. The number of nitro groups is 1. The Morgan fingerprint density at radius 2 is 1.77 bits per heavy atom. The van der Waals surface area contributed by atoms with E-state index in [2.05, 4.69) is 19.2 Å². The summed E-state index contributed by atoms with van der Waals surface area (Å²) >= 11 is 0. The zero-order valence-corrected chi connectivity index (χ0v) is 16.1. The number of nitrogens with zero attached hydrogens (tertiary/aromatic N) is 1. The highest BCUT2D eigenvalue weighted by molar-refractivity contribution is 5.83. The number of unbranched alkanes of at least 4 members (excludes halogenated alkanes) is 6. The molecule has 0 spiro atoms. The molecule has 5 heteroatoms. The minimum atomic E-state index is -0.396. The topological polar surface area (TPSA) is 72.2 Å². The number of amides is 1. The van der Waals surface area contributed by atoms with Gasteiger partial charge in [0.25, 0.3) is 5.69 Å². The van der Waals surface area contributed by atoms with Crippen molar-refractivity contribution in [3.8, 4) is 0 Å². The van der Waals surface area contributed by atoms with E-state index in [-0.39, 0.29) is 29.5 Å². The molecule has 0 saturated heterocycles. The van der Waals surface area contributed by atoms with E-state index in [1.165, 1.54) is 57.1 Å². The van der Waals surface area contributed by atoms with Crippen LogP contribution < -0.4 is 5.32 Å². The molecule has 1 aromatic carbocycles. The minimum absolute atomic E-state index is 0.0212. The molecular weight excluding hydrogens is 328 g/mol. The van der Waals surface area contributed by atoms with Crippen molar-refractivity contribution in [1.82, 2.24) is 5.32 Å². The molecule has 1 fully saturated rings. The third-order valence-electron chi connectivity index (χ3n) is 5.29. The number of carbonyl (C=O) groups is 1. The molecule has 1 saturated carbocycles. The lowest BCUT2D eigenvalue weighted by Crippen LogP contribution is -2.33. The molecule has 0 aliphatic heterocycles. The third kappa shape index (κ3) is 6.43. The van der Waals surface area contributed by atoms with E-state index in [9.17, 15) is 14.9 Å². The van der Waals surface area contributed by atoms with Crippen LogP contribution in [0.1, 0.15) is 83.1 Å². The fourth-order valence-corrected chi connectivity index (χ4v) is 3.53. The second kappa shape index (κ2) is 10.3. The van der Waals surface area contributed by atoms with Crippen LogP contribution in [0.25, 0.3) is 0 Å². The molecule has 1 unspecified atom stereocenters. The average Bonchev–Trinajstić information content (AvgIpc) is 3.42. The fourth-order valence-electron chi connectivity index (χ4n) is 3.53. The van der Waals surface area contributed by atoms with Gasteiger partial charge in [-0.05, 0) is 31.2 Å². The van der Waals surface area contributed by atoms with Crippen LogP contribution in [0.4, 0.5) is 5.69 Å². The summed E-state index contributed by atoms with van der Waals surface area (Å²) in [6, 6.07) is 6.81. The summed E-state index contributed by atoms with van der Waals surface area (Å²) in [7, 11) is 0. The zero-order chi connectivity index (χ0) is 18.9. The molecule has 1 N–H and O–H groups in total. The molecular formula is C21H32N2O3. The number of nitrogens with one attached hydrogen (secondary N) is 1. The van der Waals surface area contributed by atoms with Gasteiger partial charge in [-0.25, -0.2) is 0 Å². The van der Waals surface area contributed by atoms with E-state index in [0.717, 1.165) is 18.4 Å². The van der Waals surface area contributed by atoms with Gasteiger partial charge in [-0.15, -0.1) is 0 Å². The first-order valence-corrected chi connectivity index (χ1v) is 10.1. The molecule has 26 heavy (non-hydrogen) atoms. The number of non-ortho nitro benzene ring substituents is 1. The van der Waals surface area contributed by atoms with Crippen LogP contribution in [0.3, 0.4) is 0 Å². The molecule has 1 aliphatic carbocycles. The van der Waals surface area contributed by atoms with Crippen LogP contribution >= 0.6 is 0 Å². The van der Waals surface area contributed by atoms with Gasteiger partial charge in [-0.3, -0.25) is 14.9 Å². The molecule has 0 aromatic heterocycles. The predicted octanol–water partition coefficient (Wildman–Crippen LogP) is 5.34. The summed E-state index contributed by atoms with van der Waals surface area (Å²) in [6.45, 7) is 4.31. The number of benzene rings is 1. The van der Waals surface area contributed by atoms with E-state index in [1.807, 2.05) is 0 Å². The van der Waals surface area contributed by atoms with Crippen molar-refractivity contribution >= 4 is 11.6 Å². The molecule has 1 aliphatic rings. The normalized spacial score (nSPS) is 19.8. The van der Waals surface area contributed by atoms with Crippen molar-refractivity contribution in [1.29, 1.82) is 0 Å². The van der Waals surface area contributed by atoms with E-state index in [1.54, 1.807) is 12.1 Å². The van der Waals surface area contributed by atoms with E-state index >= 15 is 0 Å². The molecule has 0 heterocycles. The molecule has 1 amide bonds. The maximum atomic E-state index is 12.4. The number of rotatable bonds is 12. The molecule has 2 rings (SSSR count). The quantitative estimate of drug-likeness (QED) is 0.310. The Balaban J connectivity index is 1.63. The maximum Gasteiger partial charge on any atom is 0.269 e. The Bertz CT molecular complexity index is 585. The molecule has 1 aromatic rings. The van der Waals surface area contributed by atoms with Crippen molar-refractivity contribution < 1.29 is 9.72 Å². The van der Waals surface area contributed by atoms with Gasteiger partial charge in [0.1, 0.15) is 0 Å². The Kier molecular flexibility index (Phi) is 8.07. The summed E-state index contributed by atoms with van der Waals surface area (Å²) in [5.41, 5.74) is 1.12. The Hall–Kier alpha value is -1.91. The SMILES string of the molecule is CCCCCCCCCC(C)NC(=O)[C@@H]1C[C@H]1c1ccc([N+](=O)[O-])cc1. The number of hydrogen-bond acceptors (Lipinski definition) is 3. The van der Waals surface area contributed by atoms with Gasteiger partial charge in [0.15, 0.2) is 0 Å². The van der Waals surface area contributed by atoms with Gasteiger partial charge < -0.3 is 5.32 Å². The number of hydrogen-bond donors (Lipinski definition) is 1. The minimum Gasteiger partial charge on any atom is -0.353 e. The highest BCUT2D eigenvalue weighted by Gasteiger charge is 2.44. The van der Waals surface area contributed by atoms with Crippen LogP contribution in [0, 0.1) is 16.0 Å². The molecule has 3 atom stereocenters. The van der Waals surface area contributed by atoms with Gasteiger partial charge in [-0.2, -0.15) is 0 Å². The van der Waals surface area contributed by atoms with Crippen LogP contribution in [-0.2, 0) is 4.79 Å². The largest absolute Gasteiger partial charge is 0.353 e. The average molecular weight is 360 g/mol. The summed E-state index contributed by atoms with van der Waals surface area (Å²) in [5.74, 6) is 0.360. The number of nitro benzene ring substituents is 1. The molecule has 144 valence electrons. The molecule has 5 nitrogen and oxygen atoms in total. The van der Waals surface area contributed by atoms with Gasteiger partial charge in [-0.1, -0.05) is 64.0 Å². The Labute approximate surface area is 156 Å². The van der Waals surface area contributed by atoms with Crippen molar-refractivity contribution in [2.24, 2.45) is 5.92 Å². The monoisotopic (exact) mass is 360 g/mol. The fraction of sp³-hybridized carbons (Fsp3) is 0.667. The third-order valence-corrected chi connectivity index (χ3v) is 5.29. The number of carbonyl (C=O) groups excluding carboxylic acids is 1. The lowest BCUT2D eigenvalue weighted by Gasteiger charge is -2.14. The summed E-state index contributed by atoms with van der Waals surface area (Å²) in [5, 5.41) is 13.8. The molecule has 0 radical (unpaired) electrons. The van der Waals surface area contributed by atoms with Crippen LogP contribution in [0.5, 0.6) is 0 Å². The predicted molar refractivity (Wildman–Crippen MR) is 104 cm³/mol. The van der Waals surface area contributed by atoms with Crippen molar-refractivity contribution in [2.75, 3.05) is 0 Å². The lowest BCUT2D eigenvalue weighted by atomic mass is 10.1. The second-order valence-electron chi connectivity index (χ2n) is 7.62. The van der Waals surface area contributed by atoms with Crippen molar-refractivity contribution in [3.05, 3.63) is 39.9 Å². The van der Waals surface area contributed by atoms with Gasteiger partial charge >= 0.3 is 0 Å². The van der Waals surface area contributed by atoms with Crippen molar-refractivity contribution in [2.45, 2.75) is 83.6 Å². The lowest BCUT2D eigenvalue weighted by molar-refractivity contribution is -0.384. The van der Waals surface area contributed by atoms with Crippen LogP contribution in [0.15, 0.2) is 24.3 Å². The van der Waals surface area contributed by atoms with Gasteiger partial charge in [0, 0.05) is 24.1 Å². The highest BCUT2D eigenvalue weighted by Crippen LogP contribution is 2.47. The second-order valence-corrected chi connectivity index (χ2v) is 7.62. The van der Waals surface area contributed by atoms with E-state index in [0.29, 0.717) is 0 Å². The van der Waals surface area contributed by atoms with Gasteiger partial charge in [0.05, 0.1) is 4.92 Å². The first-order chi connectivity index (χ1) is 12.5. The van der Waals surface area contributed by atoms with E-state index in [4.69, 9.17) is 0 Å². The summed E-state index contributed by atoms with van der Waals surface area (Å²) < 4.78 is 0. The van der Waals surface area contributed by atoms with Gasteiger partial charge in [0.2, 0.25) is 5.91 Å².